The van der Waals surface area contributed by atoms with E-state index in [4.69, 9.17) is 9.47 Å². The molecule has 2 aliphatic carbocycles. The van der Waals surface area contributed by atoms with E-state index in [0.29, 0.717) is 0 Å². The van der Waals surface area contributed by atoms with Gasteiger partial charge in [-0.15, -0.1) is 47.3 Å². The molecule has 0 atom stereocenters. The summed E-state index contributed by atoms with van der Waals surface area (Å²) in [5, 5.41) is 4.34. The molecule has 5 heteroatoms. The van der Waals surface area contributed by atoms with Crippen molar-refractivity contribution >= 4 is 33.5 Å². The summed E-state index contributed by atoms with van der Waals surface area (Å²) in [6, 6.07) is 28.3. The van der Waals surface area contributed by atoms with Crippen LogP contribution in [0.4, 0.5) is 0 Å². The van der Waals surface area contributed by atoms with Crippen molar-refractivity contribution in [1.82, 2.24) is 0 Å². The van der Waals surface area contributed by atoms with Crippen LogP contribution in [0.3, 0.4) is 0 Å². The van der Waals surface area contributed by atoms with E-state index in [0.717, 1.165) is 28.4 Å². The molecule has 0 aliphatic heterocycles. The first-order valence-electron chi connectivity index (χ1n) is 16.3. The Morgan fingerprint density at radius 1 is 0.682 bits per heavy atom. The Balaban J connectivity index is 0.000000245. The molecule has 44 heavy (non-hydrogen) atoms. The Morgan fingerprint density at radius 2 is 1.23 bits per heavy atom. The van der Waals surface area contributed by atoms with Gasteiger partial charge in [-0.2, -0.15) is 0 Å². The summed E-state index contributed by atoms with van der Waals surface area (Å²) in [6.45, 7) is 6.78. The molecule has 2 fully saturated rings. The zero-order valence-corrected chi connectivity index (χ0v) is 30.4. The molecule has 4 aromatic rings. The van der Waals surface area contributed by atoms with Crippen LogP contribution in [0.15, 0.2) is 78.9 Å². The number of ether oxygens (including phenoxy) is 2. The number of methoxy groups -OCH3 is 2. The average molecular weight is 724 g/mol. The molecule has 0 bridgehead atoms. The van der Waals surface area contributed by atoms with E-state index in [9.17, 15) is 0 Å². The van der Waals surface area contributed by atoms with Crippen LogP contribution >= 0.6 is 17.5 Å². The van der Waals surface area contributed by atoms with Crippen molar-refractivity contribution in [2.75, 3.05) is 14.2 Å². The molecule has 0 spiro atoms. The van der Waals surface area contributed by atoms with E-state index in [1.807, 2.05) is 6.07 Å². The Bertz CT molecular complexity index is 1390. The minimum atomic E-state index is -0.182. The van der Waals surface area contributed by atoms with E-state index >= 15 is 0 Å². The van der Waals surface area contributed by atoms with Gasteiger partial charge < -0.3 is 9.47 Å². The summed E-state index contributed by atoms with van der Waals surface area (Å²) in [5.41, 5.74) is 5.93. The van der Waals surface area contributed by atoms with E-state index in [1.54, 1.807) is 19.5 Å². The van der Waals surface area contributed by atoms with Crippen LogP contribution in [0.1, 0.15) is 90.5 Å². The van der Waals surface area contributed by atoms with Gasteiger partial charge in [-0.1, -0.05) is 103 Å². The van der Waals surface area contributed by atoms with Gasteiger partial charge >= 0.3 is 27.7 Å². The fourth-order valence-corrected chi connectivity index (χ4v) is 11.2. The molecule has 2 saturated carbocycles. The third-order valence-electron chi connectivity index (χ3n) is 9.30. The van der Waals surface area contributed by atoms with Crippen LogP contribution in [-0.2, 0) is 23.6 Å². The monoisotopic (exact) mass is 722 g/mol. The molecule has 2 nitrogen and oxygen atoms in total. The van der Waals surface area contributed by atoms with Gasteiger partial charge in [0.05, 0.1) is 19.8 Å². The fourth-order valence-electron chi connectivity index (χ4n) is 7.24. The Morgan fingerprint density at radius 3 is 1.77 bits per heavy atom. The summed E-state index contributed by atoms with van der Waals surface area (Å²) in [6.07, 6.45) is 14.2. The van der Waals surface area contributed by atoms with Crippen molar-refractivity contribution < 1.29 is 27.7 Å². The van der Waals surface area contributed by atoms with Crippen molar-refractivity contribution in [2.24, 2.45) is 0 Å². The van der Waals surface area contributed by atoms with Gasteiger partial charge in [0.2, 0.25) is 0 Å². The molecule has 0 radical (unpaired) electrons. The van der Waals surface area contributed by atoms with Crippen molar-refractivity contribution in [3.63, 3.8) is 0 Å². The first-order chi connectivity index (χ1) is 21.4. The second kappa shape index (κ2) is 17.2. The fraction of sp³-hybridized carbons (Fsp3) is 0.462. The molecule has 0 amide bonds. The molecule has 2 aliphatic rings. The van der Waals surface area contributed by atoms with Crippen molar-refractivity contribution in [2.45, 2.75) is 102 Å². The standard InChI is InChI=1S/C26H35O2P.C13H15.ClH.Pd/c1-27-23-17-11-18-24(28-2)26(23)22-16-9-10-19-25(22)29(20-12-5-3-6-13-20)21-14-7-4-8-15-21;1-13(2,3)12-9-8-10-6-4-5-7-11(10)12;;/h9-11,16-21H,3-8,12-15H2,1-2H3;4-9H,1-3H3;1H;/q;-1;;+2/p-1. The Kier molecular flexibility index (Phi) is 13.8. The van der Waals surface area contributed by atoms with Crippen LogP contribution in [-0.4, -0.2) is 25.5 Å². The van der Waals surface area contributed by atoms with Gasteiger partial charge in [0.15, 0.2) is 0 Å². The maximum atomic E-state index is 5.80. The summed E-state index contributed by atoms with van der Waals surface area (Å²) >= 11 is 2.22. The maximum absolute atomic E-state index is 5.80. The molecule has 0 aromatic heterocycles. The predicted octanol–water partition coefficient (Wildman–Crippen LogP) is 11.7. The summed E-state index contributed by atoms with van der Waals surface area (Å²) in [7, 11) is 7.85. The Hall–Kier alpha value is -1.75. The number of hydrogen-bond acceptors (Lipinski definition) is 2. The third-order valence-corrected chi connectivity index (χ3v) is 12.9. The van der Waals surface area contributed by atoms with Gasteiger partial charge in [-0.05, 0) is 65.4 Å². The van der Waals surface area contributed by atoms with Crippen LogP contribution in [0, 0.1) is 0 Å². The molecule has 4 aromatic carbocycles. The van der Waals surface area contributed by atoms with Gasteiger partial charge in [-0.25, -0.2) is 0 Å². The van der Waals surface area contributed by atoms with Crippen LogP contribution in [0.2, 0.25) is 0 Å². The van der Waals surface area contributed by atoms with Crippen molar-refractivity contribution in [3.05, 3.63) is 84.4 Å². The SMILES string of the molecule is CC(C)(C)c1cc[c-]2ccccc12.COc1cccc(OC)c1-c1ccccc1P(C1CCCCC1)C1CCCCC1.[Cl][Pd+]. The summed E-state index contributed by atoms with van der Waals surface area (Å²) < 4.78 is 11.6. The molecule has 0 saturated heterocycles. The molecular weight excluding hydrogens is 673 g/mol. The zero-order chi connectivity index (χ0) is 31.5. The number of benzene rings is 3. The van der Waals surface area contributed by atoms with Gasteiger partial charge in [-0.3, -0.25) is 0 Å². The van der Waals surface area contributed by atoms with E-state index in [2.05, 4.69) is 121 Å². The molecule has 0 N–H and O–H groups in total. The number of hydrogen-bond donors (Lipinski definition) is 0. The van der Waals surface area contributed by atoms with Crippen molar-refractivity contribution in [1.29, 1.82) is 0 Å². The first-order valence-corrected chi connectivity index (χ1v) is 19.8. The zero-order valence-electron chi connectivity index (χ0n) is 27.2. The molecule has 240 valence electrons. The van der Waals surface area contributed by atoms with E-state index < -0.39 is 0 Å². The second-order valence-electron chi connectivity index (χ2n) is 13.1. The number of halogens is 1. The minimum absolute atomic E-state index is 0.182. The topological polar surface area (TPSA) is 18.5 Å². The molecule has 0 heterocycles. The predicted molar refractivity (Wildman–Crippen MR) is 189 cm³/mol. The van der Waals surface area contributed by atoms with Crippen LogP contribution in [0.5, 0.6) is 11.5 Å². The number of rotatable bonds is 6. The average Bonchev–Trinajstić information content (AvgIpc) is 3.52. The van der Waals surface area contributed by atoms with Gasteiger partial charge in [0.1, 0.15) is 11.5 Å². The molecular formula is C39H50ClO2PPd. The van der Waals surface area contributed by atoms with Gasteiger partial charge in [0.25, 0.3) is 0 Å². The first kappa shape index (κ1) is 35.1. The van der Waals surface area contributed by atoms with Crippen LogP contribution < -0.4 is 14.8 Å². The molecule has 6 rings (SSSR count). The molecule has 0 unspecified atom stereocenters. The summed E-state index contributed by atoms with van der Waals surface area (Å²) in [4.78, 5) is 0. The van der Waals surface area contributed by atoms with Crippen LogP contribution in [0.25, 0.3) is 21.9 Å². The summed E-state index contributed by atoms with van der Waals surface area (Å²) in [5.74, 6) is 1.83. The number of fused-ring (bicyclic) bond motifs is 1. The van der Waals surface area contributed by atoms with Crippen molar-refractivity contribution in [3.8, 4) is 22.6 Å². The quantitative estimate of drug-likeness (QED) is 0.112. The third kappa shape index (κ3) is 8.53. The van der Waals surface area contributed by atoms with Gasteiger partial charge in [0, 0.05) is 0 Å². The van der Waals surface area contributed by atoms with E-state index in [1.165, 1.54) is 86.1 Å². The van der Waals surface area contributed by atoms with E-state index in [-0.39, 0.29) is 13.3 Å². The normalized spacial score (nSPS) is 16.1. The Labute approximate surface area is 282 Å². The second-order valence-corrected chi connectivity index (χ2v) is 15.9.